The fraction of sp³-hybridized carbons (Fsp3) is 0.510. The lowest BCUT2D eigenvalue weighted by Gasteiger charge is -2.63. The number of alkyl halides is 2. The Morgan fingerprint density at radius 2 is 1.13 bits per heavy atom. The third-order valence-electron chi connectivity index (χ3n) is 28.0. The van der Waals surface area contributed by atoms with Crippen LogP contribution in [0.4, 0.5) is 8.78 Å². The number of aliphatic hydroxyl groups excluding tert-OH is 1. The van der Waals surface area contributed by atoms with Crippen LogP contribution in [0.25, 0.3) is 0 Å². The zero-order chi connectivity index (χ0) is 96.1. The molecule has 3 aliphatic heterocycles. The van der Waals surface area contributed by atoms with E-state index in [-0.39, 0.29) is 66.9 Å². The number of quaternary nitrogens is 2. The highest BCUT2D eigenvalue weighted by Crippen LogP contribution is 2.73. The molecule has 0 radical (unpaired) electrons. The maximum Gasteiger partial charge on any atom is 0.306 e. The molecule has 720 valence electrons. The van der Waals surface area contributed by atoms with E-state index in [4.69, 9.17) is 106 Å². The number of rotatable bonds is 37. The van der Waals surface area contributed by atoms with Crippen LogP contribution in [0.1, 0.15) is 154 Å². The Kier molecular flexibility index (Phi) is 33.9. The van der Waals surface area contributed by atoms with E-state index >= 15 is 8.78 Å². The Labute approximate surface area is 798 Å². The maximum atomic E-state index is 17.3. The predicted octanol–water partition coefficient (Wildman–Crippen LogP) is 18.5. The minimum Gasteiger partial charge on any atom is -0.493 e. The Balaban J connectivity index is 0.000000219. The zero-order valence-corrected chi connectivity index (χ0v) is 82.2. The molecule has 133 heavy (non-hydrogen) atoms. The summed E-state index contributed by atoms with van der Waals surface area (Å²) in [5.41, 5.74) is 2.78. The number of esters is 3. The molecular weight excluding hydrogens is 1790 g/mol. The average Bonchev–Trinajstić information content (AvgIpc) is 1.45. The summed E-state index contributed by atoms with van der Waals surface area (Å²) < 4.78 is 122. The summed E-state index contributed by atoms with van der Waals surface area (Å²) in [6.45, 7) is 12.1. The summed E-state index contributed by atoms with van der Waals surface area (Å²) in [7, 11) is 20.9. The fourth-order valence-electron chi connectivity index (χ4n) is 21.3. The van der Waals surface area contributed by atoms with Crippen molar-refractivity contribution in [1.29, 1.82) is 0 Å². The second-order valence-corrected chi connectivity index (χ2v) is 38.8. The third-order valence-corrected chi connectivity index (χ3v) is 30.1. The smallest absolute Gasteiger partial charge is 0.306 e. The van der Waals surface area contributed by atoms with Crippen LogP contribution in [0.3, 0.4) is 0 Å². The van der Waals surface area contributed by atoms with Crippen LogP contribution in [0.15, 0.2) is 146 Å². The van der Waals surface area contributed by atoms with Gasteiger partial charge in [0, 0.05) is 131 Å². The Morgan fingerprint density at radius 1 is 0.632 bits per heavy atom. The third kappa shape index (κ3) is 22.1. The molecule has 1 aromatic heterocycles. The van der Waals surface area contributed by atoms with E-state index in [9.17, 15) is 29.1 Å². The molecule has 14 atom stereocenters. The van der Waals surface area contributed by atoms with E-state index in [1.54, 1.807) is 104 Å². The van der Waals surface area contributed by atoms with Gasteiger partial charge in [0.1, 0.15) is 18.3 Å². The van der Waals surface area contributed by atoms with Gasteiger partial charge in [-0.2, -0.15) is 0 Å². The van der Waals surface area contributed by atoms with E-state index < -0.39 is 82.2 Å². The number of nitrogens with zero attached hydrogens (tertiary/aromatic N) is 4. The first kappa shape index (κ1) is 102. The molecule has 4 fully saturated rings. The van der Waals surface area contributed by atoms with Gasteiger partial charge in [0.2, 0.25) is 17.3 Å². The zero-order valence-electron chi connectivity index (χ0n) is 79.2. The molecule has 3 saturated carbocycles. The van der Waals surface area contributed by atoms with Crippen molar-refractivity contribution < 1.29 is 118 Å². The summed E-state index contributed by atoms with van der Waals surface area (Å²) in [4.78, 5) is 66.9. The number of allylic oxidation sites excluding steroid dienone is 6. The number of methoxy groups -OCH3 is 10. The molecule has 0 bridgehead atoms. The van der Waals surface area contributed by atoms with Gasteiger partial charge in [-0.3, -0.25) is 24.0 Å². The van der Waals surface area contributed by atoms with Crippen LogP contribution >= 0.6 is 46.6 Å². The van der Waals surface area contributed by atoms with Crippen LogP contribution in [0.2, 0.25) is 15.1 Å². The topological polar surface area (TPSA) is 262 Å². The molecule has 1 saturated heterocycles. The highest BCUT2D eigenvalue weighted by Gasteiger charge is 2.81. The molecule has 6 aromatic carbocycles. The van der Waals surface area contributed by atoms with Gasteiger partial charge in [0.15, 0.2) is 75.4 Å². The number of ether oxygens (including phenoxy) is 15. The molecule has 7 aliphatic rings. The normalized spacial score (nSPS) is 25.7. The minimum absolute atomic E-state index is 0.0406. The predicted molar refractivity (Wildman–Crippen MR) is 505 cm³/mol. The van der Waals surface area contributed by atoms with Gasteiger partial charge < -0.3 is 89.7 Å². The fourth-order valence-corrected chi connectivity index (χ4v) is 23.2. The number of benzene rings is 6. The van der Waals surface area contributed by atoms with Crippen molar-refractivity contribution in [3.63, 3.8) is 0 Å². The number of ketones is 2. The van der Waals surface area contributed by atoms with Gasteiger partial charge in [-0.05, 0) is 183 Å². The molecule has 5 unspecified atom stereocenters. The van der Waals surface area contributed by atoms with Crippen molar-refractivity contribution >= 4 is 76.0 Å². The molecule has 14 rings (SSSR count). The first-order valence-electron chi connectivity index (χ1n) is 45.0. The highest BCUT2D eigenvalue weighted by molar-refractivity contribution is 7.98. The van der Waals surface area contributed by atoms with E-state index in [1.807, 2.05) is 97.1 Å². The summed E-state index contributed by atoms with van der Waals surface area (Å²) in [5, 5.41) is 13.7. The second-order valence-electron chi connectivity index (χ2n) is 36.4. The number of fused-ring (bicyclic) bond motifs is 9. The molecule has 1 N–H and O–H groups in total. The molecule has 31 heteroatoms. The molecule has 0 amide bonds. The number of aliphatic hydroxyl groups is 1. The van der Waals surface area contributed by atoms with E-state index in [0.29, 0.717) is 119 Å². The standard InChI is InChI=1S/C58H80N2O14.C26H32F2O7.C18H15Cl3N2S/c1-59(25-21-41-35-47(63-3)49(65-5)37-43(41)45(59)29-39-31-51(67-7)57(71-11)52(32-39)68-8)23-17-27-73-55(61)19-15-13-14-16-20-56(62)74-28-18-24-60(2)26-22-42-36-48(64-4)50(66-6)38-44(42)46(60)30-40-33-53(69-9)58(72-12)54(34-40)70-10;1-13(29)33-12-20(32)26-21(34-22(2,3)35-26)10-15-16-9-18(27)17-8-14(30)6-7-23(17,4)25(16,28)19(31)11-24(15,26)5;19-14-3-1-13(2-4-14)11-24-18(10-23-8-7-22-12-23)16-6-5-15(20)9-17(16)21/h13-14,31-38,45-46H,15-30H2,1-12H3;6-8,15-16,18-19,21,31H,9-12H2,1-5H3;1-9,12,18H,10-11H2/q+2;;/b14-13+;;/t;15-,16-,18-,19-,21+,23-,24-,25-,26+;/m.0./s1. The van der Waals surface area contributed by atoms with Crippen LogP contribution in [0, 0.1) is 22.7 Å². The molecule has 0 spiro atoms. The van der Waals surface area contributed by atoms with Gasteiger partial charge in [0.05, 0.1) is 143 Å². The second kappa shape index (κ2) is 44.0. The summed E-state index contributed by atoms with van der Waals surface area (Å²) in [6.07, 6.45) is 15.2. The number of likely N-dealkylation sites (N-methyl/N-ethyl adjacent to an activating group) is 2. The van der Waals surface area contributed by atoms with E-state index in [2.05, 4.69) is 47.9 Å². The Hall–Kier alpha value is -9.62. The number of imidazole rings is 1. The SMILES string of the molecule is CC(=O)OCC(=O)[C@@]12OC(C)(C)O[C@@H]1C[C@H]1[C@@H]3C[C@H](F)C4=CC(=O)C=C[C@]4(C)[C@@]3(F)[C@@H](O)C[C@@]12C.COc1cc2c(cc1OC)C(Cc1cc(OC)c(OC)c(OC)c1)[N+](C)(CCCOC(=O)CC/C=C/CCC(=O)OCCC[N+]1(C)CCc3cc(OC)c(OC)cc3C1Cc1cc(OC)c(OC)c(OC)c1)CC2.Clc1ccc(CSC(Cn2ccnc2)c2ccc(Cl)cc2Cl)cc1. The van der Waals surface area contributed by atoms with E-state index in [1.165, 1.54) is 53.8 Å². The van der Waals surface area contributed by atoms with Crippen molar-refractivity contribution in [2.24, 2.45) is 22.7 Å². The number of thioether (sulfide) groups is 1. The number of Topliss-reactive ketones (excluding diaryl/α,β-unsaturated/α-hetero) is 1. The van der Waals surface area contributed by atoms with Gasteiger partial charge in [-0.1, -0.05) is 78.2 Å². The minimum atomic E-state index is -2.27. The van der Waals surface area contributed by atoms with Crippen molar-refractivity contribution in [3.05, 3.63) is 205 Å². The molecule has 7 aromatic rings. The largest absolute Gasteiger partial charge is 0.493 e. The van der Waals surface area contributed by atoms with E-state index in [0.717, 1.165) is 88.1 Å². The molecule has 4 aliphatic carbocycles. The summed E-state index contributed by atoms with van der Waals surface area (Å²) >= 11 is 20.2. The lowest BCUT2D eigenvalue weighted by atomic mass is 9.44. The number of carbonyl (C=O) groups is 5. The first-order valence-corrected chi connectivity index (χ1v) is 47.2. The van der Waals surface area contributed by atoms with Gasteiger partial charge in [-0.15, -0.1) is 11.8 Å². The Morgan fingerprint density at radius 3 is 1.59 bits per heavy atom. The van der Waals surface area contributed by atoms with Crippen molar-refractivity contribution in [1.82, 2.24) is 9.55 Å². The quantitative estimate of drug-likeness (QED) is 0.0125. The number of carbonyl (C=O) groups excluding carboxylic acids is 5. The number of hydrogen-bond acceptors (Lipinski definition) is 23. The van der Waals surface area contributed by atoms with Crippen molar-refractivity contribution in [3.8, 4) is 57.5 Å². The lowest BCUT2D eigenvalue weighted by molar-refractivity contribution is -0.941. The number of halogens is 5. The van der Waals surface area contributed by atoms with Crippen molar-refractivity contribution in [2.45, 2.75) is 183 Å². The van der Waals surface area contributed by atoms with Crippen molar-refractivity contribution in [2.75, 3.05) is 131 Å². The maximum absolute atomic E-state index is 17.3. The number of hydrogen-bond donors (Lipinski definition) is 1. The van der Waals surface area contributed by atoms with Gasteiger partial charge >= 0.3 is 17.9 Å². The van der Waals surface area contributed by atoms with Crippen LogP contribution in [0.5, 0.6) is 57.5 Å². The molecule has 4 heterocycles. The Bertz CT molecular complexity index is 5170. The highest BCUT2D eigenvalue weighted by atomic mass is 35.5. The summed E-state index contributed by atoms with van der Waals surface area (Å²) in [6, 6.07) is 30.1. The van der Waals surface area contributed by atoms with Crippen LogP contribution in [-0.2, 0) is 85.6 Å². The lowest BCUT2D eigenvalue weighted by Crippen LogP contribution is -2.71. The van der Waals surface area contributed by atoms with Gasteiger partial charge in [-0.25, -0.2) is 13.8 Å². The first-order chi connectivity index (χ1) is 63.5. The molecular formula is C102H127Cl3F2N4O21S+2. The monoisotopic (exact) mass is 1920 g/mol. The molecule has 25 nitrogen and oxygen atoms in total. The van der Waals surface area contributed by atoms with Gasteiger partial charge in [0.25, 0.3) is 0 Å². The average molecular weight is 1920 g/mol. The summed E-state index contributed by atoms with van der Waals surface area (Å²) in [5.74, 6) is 2.45. The van der Waals surface area contributed by atoms with Crippen LogP contribution < -0.4 is 47.4 Å². The van der Waals surface area contributed by atoms with Crippen LogP contribution in [-0.4, -0.2) is 220 Å². The number of aromatic nitrogens is 2.